The van der Waals surface area contributed by atoms with Gasteiger partial charge in [-0.15, -0.1) is 0 Å². The second-order valence-electron chi connectivity index (χ2n) is 3.96. The number of hydrogen-bond acceptors (Lipinski definition) is 4. The summed E-state index contributed by atoms with van der Waals surface area (Å²) in [6.45, 7) is 4.44. The quantitative estimate of drug-likeness (QED) is 0.704. The Morgan fingerprint density at radius 2 is 2.60 bits per heavy atom. The van der Waals surface area contributed by atoms with E-state index in [2.05, 4.69) is 17.0 Å². The zero-order valence-electron chi connectivity index (χ0n) is 8.98. The summed E-state index contributed by atoms with van der Waals surface area (Å²) < 4.78 is 5.10. The topological polar surface area (TPSA) is 46.3 Å². The molecule has 0 radical (unpaired) electrons. The molecule has 0 amide bonds. The molecule has 1 atom stereocenters. The summed E-state index contributed by atoms with van der Waals surface area (Å²) in [5, 5.41) is 3.67. The minimum absolute atomic E-state index is 0.394. The van der Waals surface area contributed by atoms with Crippen LogP contribution in [0.5, 0.6) is 0 Å². The first-order chi connectivity index (χ1) is 7.33. The van der Waals surface area contributed by atoms with E-state index in [9.17, 15) is 4.79 Å². The number of likely N-dealkylation sites (N-methyl/N-ethyl adjacent to an activating group) is 1. The minimum Gasteiger partial charge on any atom is -0.361 e. The Morgan fingerprint density at radius 1 is 1.73 bits per heavy atom. The molecule has 0 N–H and O–H groups in total. The van der Waals surface area contributed by atoms with E-state index in [1.54, 1.807) is 6.07 Å². The van der Waals surface area contributed by atoms with Crippen molar-refractivity contribution in [3.63, 3.8) is 0 Å². The summed E-state index contributed by atoms with van der Waals surface area (Å²) >= 11 is 0. The Bertz CT molecular complexity index is 335. The molecule has 4 heteroatoms. The van der Waals surface area contributed by atoms with Crippen molar-refractivity contribution in [3.05, 3.63) is 17.5 Å². The Balaban J connectivity index is 1.98. The summed E-state index contributed by atoms with van der Waals surface area (Å²) in [4.78, 5) is 12.9. The predicted molar refractivity (Wildman–Crippen MR) is 55.9 cm³/mol. The van der Waals surface area contributed by atoms with Crippen LogP contribution in [-0.2, 0) is 6.42 Å². The fourth-order valence-electron chi connectivity index (χ4n) is 2.26. The van der Waals surface area contributed by atoms with E-state index >= 15 is 0 Å². The van der Waals surface area contributed by atoms with E-state index < -0.39 is 0 Å². The number of rotatable bonds is 4. The Kier molecular flexibility index (Phi) is 3.16. The van der Waals surface area contributed by atoms with E-state index in [-0.39, 0.29) is 0 Å². The third-order valence-electron chi connectivity index (χ3n) is 3.04. The molecule has 1 aromatic rings. The molecule has 15 heavy (non-hydrogen) atoms. The molecule has 0 bridgehead atoms. The van der Waals surface area contributed by atoms with Crippen molar-refractivity contribution in [2.24, 2.45) is 0 Å². The summed E-state index contributed by atoms with van der Waals surface area (Å²) in [6, 6.07) is 2.29. The molecule has 82 valence electrons. The lowest BCUT2D eigenvalue weighted by Gasteiger charge is -2.21. The molecular weight excluding hydrogens is 192 g/mol. The second kappa shape index (κ2) is 4.57. The summed E-state index contributed by atoms with van der Waals surface area (Å²) in [5.74, 6) is 0.822. The van der Waals surface area contributed by atoms with E-state index in [0.717, 1.165) is 25.0 Å². The van der Waals surface area contributed by atoms with Crippen LogP contribution in [0, 0.1) is 0 Å². The average molecular weight is 208 g/mol. The number of carbonyl (C=O) groups excluding carboxylic acids is 1. The lowest BCUT2D eigenvalue weighted by molar-refractivity contribution is 0.111. The molecule has 4 nitrogen and oxygen atoms in total. The first kappa shape index (κ1) is 10.4. The van der Waals surface area contributed by atoms with Crippen molar-refractivity contribution in [2.75, 3.05) is 13.1 Å². The molecule has 1 aromatic heterocycles. The van der Waals surface area contributed by atoms with Crippen molar-refractivity contribution >= 4 is 6.29 Å². The minimum atomic E-state index is 0.394. The van der Waals surface area contributed by atoms with Gasteiger partial charge in [0.1, 0.15) is 11.5 Å². The molecular formula is C11H16N2O2. The molecule has 1 aliphatic rings. The van der Waals surface area contributed by atoms with Crippen molar-refractivity contribution in [3.8, 4) is 0 Å². The fraction of sp³-hybridized carbons (Fsp3) is 0.636. The van der Waals surface area contributed by atoms with E-state index in [4.69, 9.17) is 4.52 Å². The van der Waals surface area contributed by atoms with Crippen molar-refractivity contribution in [2.45, 2.75) is 32.2 Å². The van der Waals surface area contributed by atoms with Gasteiger partial charge in [-0.05, 0) is 25.9 Å². The maximum absolute atomic E-state index is 10.4. The molecule has 0 spiro atoms. The normalized spacial score (nSPS) is 22.1. The SMILES string of the molecule is CCN1CCCC1Cc1cc(C=O)no1. The zero-order chi connectivity index (χ0) is 10.7. The average Bonchev–Trinajstić information content (AvgIpc) is 2.87. The maximum Gasteiger partial charge on any atom is 0.171 e. The molecule has 0 aliphatic carbocycles. The van der Waals surface area contributed by atoms with Gasteiger partial charge in [-0.25, -0.2) is 0 Å². The van der Waals surface area contributed by atoms with E-state index in [0.29, 0.717) is 11.7 Å². The standard InChI is InChI=1S/C11H16N2O2/c1-2-13-5-3-4-10(13)7-11-6-9(8-14)12-15-11/h6,8,10H,2-5,7H2,1H3. The van der Waals surface area contributed by atoms with Gasteiger partial charge in [-0.3, -0.25) is 4.79 Å². The van der Waals surface area contributed by atoms with Gasteiger partial charge in [0.15, 0.2) is 6.29 Å². The highest BCUT2D eigenvalue weighted by atomic mass is 16.5. The van der Waals surface area contributed by atoms with Crippen LogP contribution >= 0.6 is 0 Å². The van der Waals surface area contributed by atoms with Gasteiger partial charge < -0.3 is 9.42 Å². The van der Waals surface area contributed by atoms with Gasteiger partial charge in [0.2, 0.25) is 0 Å². The van der Waals surface area contributed by atoms with Crippen LogP contribution in [0.2, 0.25) is 0 Å². The number of carbonyl (C=O) groups is 1. The molecule has 2 heterocycles. The molecule has 0 saturated carbocycles. The van der Waals surface area contributed by atoms with Gasteiger partial charge in [-0.1, -0.05) is 12.1 Å². The maximum atomic E-state index is 10.4. The Morgan fingerprint density at radius 3 is 3.27 bits per heavy atom. The summed E-state index contributed by atoms with van der Waals surface area (Å²) in [7, 11) is 0. The molecule has 1 aliphatic heterocycles. The molecule has 1 fully saturated rings. The summed E-state index contributed by atoms with van der Waals surface area (Å²) in [6.07, 6.45) is 4.06. The summed E-state index contributed by atoms with van der Waals surface area (Å²) in [5.41, 5.74) is 0.394. The Hall–Kier alpha value is -1.16. The van der Waals surface area contributed by atoms with Crippen molar-refractivity contribution < 1.29 is 9.32 Å². The smallest absolute Gasteiger partial charge is 0.171 e. The van der Waals surface area contributed by atoms with Crippen LogP contribution in [0.1, 0.15) is 36.0 Å². The van der Waals surface area contributed by atoms with Crippen LogP contribution < -0.4 is 0 Å². The number of hydrogen-bond donors (Lipinski definition) is 0. The van der Waals surface area contributed by atoms with Crippen LogP contribution in [0.3, 0.4) is 0 Å². The first-order valence-corrected chi connectivity index (χ1v) is 5.48. The second-order valence-corrected chi connectivity index (χ2v) is 3.96. The Labute approximate surface area is 89.2 Å². The molecule has 2 rings (SSSR count). The van der Waals surface area contributed by atoms with Crippen LogP contribution in [0.25, 0.3) is 0 Å². The molecule has 1 saturated heterocycles. The van der Waals surface area contributed by atoms with Crippen LogP contribution in [0.4, 0.5) is 0 Å². The van der Waals surface area contributed by atoms with Gasteiger partial charge in [-0.2, -0.15) is 0 Å². The van der Waals surface area contributed by atoms with E-state index in [1.165, 1.54) is 19.4 Å². The number of aromatic nitrogens is 1. The van der Waals surface area contributed by atoms with Crippen LogP contribution in [-0.4, -0.2) is 35.5 Å². The van der Waals surface area contributed by atoms with Gasteiger partial charge >= 0.3 is 0 Å². The number of likely N-dealkylation sites (tertiary alicyclic amines) is 1. The first-order valence-electron chi connectivity index (χ1n) is 5.48. The fourth-order valence-corrected chi connectivity index (χ4v) is 2.26. The lowest BCUT2D eigenvalue weighted by atomic mass is 10.1. The van der Waals surface area contributed by atoms with Crippen LogP contribution in [0.15, 0.2) is 10.6 Å². The molecule has 1 unspecified atom stereocenters. The van der Waals surface area contributed by atoms with Gasteiger partial charge in [0.05, 0.1) is 0 Å². The third kappa shape index (κ3) is 2.26. The highest BCUT2D eigenvalue weighted by Crippen LogP contribution is 2.20. The predicted octanol–water partition coefficient (Wildman–Crippen LogP) is 1.51. The van der Waals surface area contributed by atoms with Crippen molar-refractivity contribution in [1.82, 2.24) is 10.1 Å². The van der Waals surface area contributed by atoms with Crippen molar-refractivity contribution in [1.29, 1.82) is 0 Å². The number of nitrogens with zero attached hydrogens (tertiary/aromatic N) is 2. The highest BCUT2D eigenvalue weighted by molar-refractivity contribution is 5.71. The van der Waals surface area contributed by atoms with Gasteiger partial charge in [0.25, 0.3) is 0 Å². The number of aldehydes is 1. The third-order valence-corrected chi connectivity index (χ3v) is 3.04. The van der Waals surface area contributed by atoms with Gasteiger partial charge in [0, 0.05) is 18.5 Å². The monoisotopic (exact) mass is 208 g/mol. The van der Waals surface area contributed by atoms with E-state index in [1.807, 2.05) is 0 Å². The highest BCUT2D eigenvalue weighted by Gasteiger charge is 2.24. The largest absolute Gasteiger partial charge is 0.361 e. The zero-order valence-corrected chi connectivity index (χ0v) is 8.98. The lowest BCUT2D eigenvalue weighted by Crippen LogP contribution is -2.30. The molecule has 0 aromatic carbocycles.